The molecule has 2 heteroatoms. The third-order valence-corrected chi connectivity index (χ3v) is 2.92. The molecule has 1 rings (SSSR count). The zero-order valence-corrected chi connectivity index (χ0v) is 12.8. The van der Waals surface area contributed by atoms with E-state index in [1.54, 1.807) is 0 Å². The molecule has 0 bridgehead atoms. The van der Waals surface area contributed by atoms with Crippen LogP contribution in [-0.4, -0.2) is 11.1 Å². The Morgan fingerprint density at radius 2 is 1.11 bits per heavy atom. The molecule has 1 aliphatic carbocycles. The molecule has 0 aliphatic heterocycles. The molecule has 0 aromatic rings. The lowest BCUT2D eigenvalue weighted by Gasteiger charge is -2.05. The highest BCUT2D eigenvalue weighted by Crippen LogP contribution is 2.15. The van der Waals surface area contributed by atoms with Crippen LogP contribution >= 0.6 is 0 Å². The average Bonchev–Trinajstić information content (AvgIpc) is 2.39. The predicted molar refractivity (Wildman–Crippen MR) is 80.1 cm³/mol. The summed E-state index contributed by atoms with van der Waals surface area (Å²) in [4.78, 5) is 9.60. The van der Waals surface area contributed by atoms with Crippen LogP contribution < -0.4 is 0 Å². The first-order valence-corrected chi connectivity index (χ1v) is 7.90. The van der Waals surface area contributed by atoms with Crippen molar-refractivity contribution in [2.24, 2.45) is 0 Å². The first-order valence-electron chi connectivity index (χ1n) is 7.90. The molecule has 1 fully saturated rings. The van der Waals surface area contributed by atoms with Crippen LogP contribution in [0.25, 0.3) is 0 Å². The molecule has 0 heterocycles. The second kappa shape index (κ2) is 18.8. The van der Waals surface area contributed by atoms with Gasteiger partial charge in [-0.25, -0.2) is 0 Å². The van der Waals surface area contributed by atoms with Crippen molar-refractivity contribution >= 4 is 5.97 Å². The molecular formula is C16H34O2. The van der Waals surface area contributed by atoms with E-state index in [0.717, 1.165) is 6.42 Å². The second-order valence-corrected chi connectivity index (χ2v) is 4.97. The van der Waals surface area contributed by atoms with Gasteiger partial charge in [0.15, 0.2) is 0 Å². The highest BCUT2D eigenvalue weighted by atomic mass is 16.4. The molecule has 2 nitrogen and oxygen atoms in total. The second-order valence-electron chi connectivity index (χ2n) is 4.97. The van der Waals surface area contributed by atoms with Crippen LogP contribution in [0.4, 0.5) is 0 Å². The molecule has 0 unspecified atom stereocenters. The lowest BCUT2D eigenvalue weighted by molar-refractivity contribution is -0.137. The summed E-state index contributed by atoms with van der Waals surface area (Å²) in [5.74, 6) is -0.711. The molecule has 0 amide bonds. The largest absolute Gasteiger partial charge is 0.481 e. The van der Waals surface area contributed by atoms with Crippen molar-refractivity contribution in [2.45, 2.75) is 97.8 Å². The van der Waals surface area contributed by atoms with E-state index in [2.05, 4.69) is 13.8 Å². The maximum absolute atomic E-state index is 9.60. The lowest BCUT2D eigenvalue weighted by atomic mass is 10.0. The summed E-state index contributed by atoms with van der Waals surface area (Å²) in [6, 6.07) is 0. The van der Waals surface area contributed by atoms with Crippen LogP contribution in [0.3, 0.4) is 0 Å². The summed E-state index contributed by atoms with van der Waals surface area (Å²) < 4.78 is 0. The maximum Gasteiger partial charge on any atom is 0.303 e. The van der Waals surface area contributed by atoms with Gasteiger partial charge in [0.1, 0.15) is 0 Å². The van der Waals surface area contributed by atoms with Crippen LogP contribution in [0, 0.1) is 0 Å². The van der Waals surface area contributed by atoms with Gasteiger partial charge >= 0.3 is 5.97 Å². The molecular weight excluding hydrogens is 224 g/mol. The van der Waals surface area contributed by atoms with Gasteiger partial charge in [0, 0.05) is 6.42 Å². The van der Waals surface area contributed by atoms with Gasteiger partial charge in [-0.2, -0.15) is 0 Å². The quantitative estimate of drug-likeness (QED) is 0.633. The van der Waals surface area contributed by atoms with Crippen molar-refractivity contribution in [2.75, 3.05) is 0 Å². The van der Waals surface area contributed by atoms with Gasteiger partial charge in [-0.1, -0.05) is 85.0 Å². The Morgan fingerprint density at radius 1 is 0.778 bits per heavy atom. The highest BCUT2D eigenvalue weighted by Gasteiger charge is 1.95. The number of carboxylic acids is 1. The van der Waals surface area contributed by atoms with E-state index in [0.29, 0.717) is 6.42 Å². The summed E-state index contributed by atoms with van der Waals surface area (Å²) in [7, 11) is 0. The normalized spacial score (nSPS) is 13.7. The zero-order valence-electron chi connectivity index (χ0n) is 12.8. The maximum atomic E-state index is 9.60. The van der Waals surface area contributed by atoms with Crippen molar-refractivity contribution in [3.05, 3.63) is 0 Å². The fourth-order valence-electron chi connectivity index (χ4n) is 1.77. The van der Waals surface area contributed by atoms with Gasteiger partial charge in [-0.15, -0.1) is 0 Å². The SMILES string of the molecule is C1CCCCC1.CCCC(=O)O.CCCCCC. The van der Waals surface area contributed by atoms with Crippen LogP contribution in [0.1, 0.15) is 97.8 Å². The number of rotatable bonds is 5. The van der Waals surface area contributed by atoms with Crippen LogP contribution in [0.15, 0.2) is 0 Å². The van der Waals surface area contributed by atoms with Gasteiger partial charge in [-0.3, -0.25) is 4.79 Å². The number of unbranched alkanes of at least 4 members (excludes halogenated alkanes) is 3. The third kappa shape index (κ3) is 24.6. The summed E-state index contributed by atoms with van der Waals surface area (Å²) >= 11 is 0. The van der Waals surface area contributed by atoms with Gasteiger partial charge in [-0.05, 0) is 6.42 Å². The molecule has 0 radical (unpaired) electrons. The molecule has 1 aliphatic rings. The molecule has 0 spiro atoms. The van der Waals surface area contributed by atoms with Crippen molar-refractivity contribution < 1.29 is 9.90 Å². The average molecular weight is 258 g/mol. The summed E-state index contributed by atoms with van der Waals surface area (Å²) in [5.41, 5.74) is 0. The Kier molecular flexibility index (Phi) is 20.7. The zero-order chi connectivity index (χ0) is 14.1. The standard InChI is InChI=1S/C6H12.C6H14.C4H8O2/c1-2-4-6-5-3-1;1-3-5-6-4-2;1-2-3-4(5)6/h1-6H2;3-6H2,1-2H3;2-3H2,1H3,(H,5,6). The number of carbonyl (C=O) groups is 1. The first kappa shape index (κ1) is 19.8. The molecule has 0 aromatic carbocycles. The monoisotopic (exact) mass is 258 g/mol. The van der Waals surface area contributed by atoms with E-state index < -0.39 is 5.97 Å². The van der Waals surface area contributed by atoms with Gasteiger partial charge < -0.3 is 5.11 Å². The molecule has 0 saturated heterocycles. The van der Waals surface area contributed by atoms with E-state index in [9.17, 15) is 4.79 Å². The van der Waals surface area contributed by atoms with E-state index in [1.165, 1.54) is 64.2 Å². The topological polar surface area (TPSA) is 37.3 Å². The Balaban J connectivity index is 0. The minimum Gasteiger partial charge on any atom is -0.481 e. The van der Waals surface area contributed by atoms with E-state index in [-0.39, 0.29) is 0 Å². The molecule has 1 saturated carbocycles. The number of carboxylic acid groups (broad SMARTS) is 1. The number of hydrogen-bond acceptors (Lipinski definition) is 1. The molecule has 0 atom stereocenters. The van der Waals surface area contributed by atoms with E-state index in [1.807, 2.05) is 6.92 Å². The van der Waals surface area contributed by atoms with Gasteiger partial charge in [0.2, 0.25) is 0 Å². The van der Waals surface area contributed by atoms with Crippen LogP contribution in [0.5, 0.6) is 0 Å². The highest BCUT2D eigenvalue weighted by molar-refractivity contribution is 5.66. The van der Waals surface area contributed by atoms with Gasteiger partial charge in [0.05, 0.1) is 0 Å². The van der Waals surface area contributed by atoms with Crippen LogP contribution in [-0.2, 0) is 4.79 Å². The van der Waals surface area contributed by atoms with Crippen molar-refractivity contribution in [1.82, 2.24) is 0 Å². The Labute approximate surface area is 114 Å². The summed E-state index contributed by atoms with van der Waals surface area (Å²) in [5, 5.41) is 7.91. The van der Waals surface area contributed by atoms with Crippen molar-refractivity contribution in [3.8, 4) is 0 Å². The van der Waals surface area contributed by atoms with E-state index in [4.69, 9.17) is 5.11 Å². The third-order valence-electron chi connectivity index (χ3n) is 2.92. The smallest absolute Gasteiger partial charge is 0.303 e. The fourth-order valence-corrected chi connectivity index (χ4v) is 1.77. The lowest BCUT2D eigenvalue weighted by Crippen LogP contribution is -1.90. The Morgan fingerprint density at radius 3 is 1.22 bits per heavy atom. The first-order chi connectivity index (χ1) is 8.68. The Bertz CT molecular complexity index is 136. The Hall–Kier alpha value is -0.530. The molecule has 1 N–H and O–H groups in total. The molecule has 110 valence electrons. The summed E-state index contributed by atoms with van der Waals surface area (Å²) in [6.07, 6.45) is 15.6. The number of hydrogen-bond donors (Lipinski definition) is 1. The molecule has 18 heavy (non-hydrogen) atoms. The summed E-state index contributed by atoms with van der Waals surface area (Å²) in [6.45, 7) is 6.30. The molecule has 0 aromatic heterocycles. The predicted octanol–water partition coefficient (Wildman–Crippen LogP) is 5.80. The van der Waals surface area contributed by atoms with Crippen molar-refractivity contribution in [3.63, 3.8) is 0 Å². The van der Waals surface area contributed by atoms with Gasteiger partial charge in [0.25, 0.3) is 0 Å². The van der Waals surface area contributed by atoms with Crippen molar-refractivity contribution in [1.29, 1.82) is 0 Å². The van der Waals surface area contributed by atoms with E-state index >= 15 is 0 Å². The minimum atomic E-state index is -0.711. The number of aliphatic carboxylic acids is 1. The fraction of sp³-hybridized carbons (Fsp3) is 0.938. The van der Waals surface area contributed by atoms with Crippen LogP contribution in [0.2, 0.25) is 0 Å². The minimum absolute atomic E-state index is 0.292.